The normalized spacial score (nSPS) is 14.8. The van der Waals surface area contributed by atoms with E-state index in [0.29, 0.717) is 5.69 Å². The fourth-order valence-electron chi connectivity index (χ4n) is 1.93. The van der Waals surface area contributed by atoms with Crippen LogP contribution in [-0.4, -0.2) is 15.1 Å². The van der Waals surface area contributed by atoms with E-state index in [1.807, 2.05) is 18.2 Å². The molecule has 0 saturated carbocycles. The van der Waals surface area contributed by atoms with Gasteiger partial charge in [0.2, 0.25) is 0 Å². The largest absolute Gasteiger partial charge is 0.332 e. The van der Waals surface area contributed by atoms with Crippen molar-refractivity contribution < 1.29 is 0 Å². The summed E-state index contributed by atoms with van der Waals surface area (Å²) in [5.74, 6) is 0.171. The molecule has 0 N–H and O–H groups in total. The lowest BCUT2D eigenvalue weighted by atomic mass is 10.3. The lowest BCUT2D eigenvalue weighted by molar-refractivity contribution is 0.648. The summed E-state index contributed by atoms with van der Waals surface area (Å²) >= 11 is 0. The first-order valence-electron chi connectivity index (χ1n) is 5.95. The molecule has 7 heteroatoms. The van der Waals surface area contributed by atoms with Gasteiger partial charge in [0, 0.05) is 14.1 Å². The summed E-state index contributed by atoms with van der Waals surface area (Å²) in [6, 6.07) is 9.17. The quantitative estimate of drug-likeness (QED) is 0.667. The van der Waals surface area contributed by atoms with Gasteiger partial charge >= 0.3 is 5.69 Å². The van der Waals surface area contributed by atoms with Crippen molar-refractivity contribution in [3.8, 4) is 0 Å². The molecule has 0 atom stereocenters. The Kier molecular flexibility index (Phi) is 2.67. The van der Waals surface area contributed by atoms with Gasteiger partial charge in [0.15, 0.2) is 10.8 Å². The molecule has 0 spiro atoms. The summed E-state index contributed by atoms with van der Waals surface area (Å²) in [5.41, 5.74) is 0.0242. The van der Waals surface area contributed by atoms with Crippen molar-refractivity contribution in [3.05, 3.63) is 62.0 Å². The second-order valence-electron chi connectivity index (χ2n) is 4.35. The first-order chi connectivity index (χ1) is 9.58. The van der Waals surface area contributed by atoms with E-state index in [4.69, 9.17) is 0 Å². The predicted octanol–water partition coefficient (Wildman–Crippen LogP) is -0.975. The van der Waals surface area contributed by atoms with Gasteiger partial charge in [0.05, 0.1) is 5.69 Å². The molecule has 2 aromatic rings. The maximum Gasteiger partial charge on any atom is 0.332 e. The van der Waals surface area contributed by atoms with Crippen LogP contribution in [0.5, 0.6) is 0 Å². The number of benzene rings is 1. The van der Waals surface area contributed by atoms with Gasteiger partial charge in [0.1, 0.15) is 0 Å². The van der Waals surface area contributed by atoms with Gasteiger partial charge in [0.25, 0.3) is 11.5 Å². The van der Waals surface area contributed by atoms with Crippen LogP contribution in [0.3, 0.4) is 0 Å². The molecule has 1 aliphatic heterocycles. The molecule has 0 radical (unpaired) electrons. The van der Waals surface area contributed by atoms with Crippen LogP contribution in [-0.2, 0) is 14.1 Å². The number of rotatable bonds is 1. The van der Waals surface area contributed by atoms with Crippen LogP contribution in [0, 0.1) is 0 Å². The Morgan fingerprint density at radius 3 is 2.40 bits per heavy atom. The number of hydrogen-bond donors (Lipinski definition) is 0. The van der Waals surface area contributed by atoms with Gasteiger partial charge in [-0.15, -0.1) is 0 Å². The van der Waals surface area contributed by atoms with Gasteiger partial charge in [-0.3, -0.25) is 13.9 Å². The maximum absolute atomic E-state index is 12.0. The first kappa shape index (κ1) is 12.2. The summed E-state index contributed by atoms with van der Waals surface area (Å²) in [5, 5.41) is 0.143. The average Bonchev–Trinajstić information content (AvgIpc) is 2.88. The van der Waals surface area contributed by atoms with E-state index in [-0.39, 0.29) is 16.8 Å². The van der Waals surface area contributed by atoms with Gasteiger partial charge < -0.3 is 0 Å². The predicted molar refractivity (Wildman–Crippen MR) is 72.8 cm³/mol. The van der Waals surface area contributed by atoms with Gasteiger partial charge in [-0.25, -0.2) is 14.8 Å². The van der Waals surface area contributed by atoms with Crippen molar-refractivity contribution in [1.82, 2.24) is 9.13 Å². The van der Waals surface area contributed by atoms with Gasteiger partial charge in [-0.05, 0) is 12.1 Å². The molecule has 0 unspecified atom stereocenters. The molecule has 1 aromatic carbocycles. The third-order valence-electron chi connectivity index (χ3n) is 3.01. The molecule has 0 amide bonds. The first-order valence-corrected chi connectivity index (χ1v) is 5.95. The lowest BCUT2D eigenvalue weighted by Crippen LogP contribution is -2.55. The molecular weight excluding hydrogens is 258 g/mol. The summed E-state index contributed by atoms with van der Waals surface area (Å²) in [6.07, 6.45) is 0. The average molecular weight is 269 g/mol. The third kappa shape index (κ3) is 1.80. The van der Waals surface area contributed by atoms with Crippen molar-refractivity contribution in [3.63, 3.8) is 0 Å². The molecule has 0 bridgehead atoms. The molecule has 1 aromatic heterocycles. The van der Waals surface area contributed by atoms with Crippen LogP contribution in [0.25, 0.3) is 0 Å². The zero-order valence-electron chi connectivity index (χ0n) is 10.9. The van der Waals surface area contributed by atoms with E-state index in [2.05, 4.69) is 15.0 Å². The Morgan fingerprint density at radius 1 is 1.00 bits per heavy atom. The zero-order chi connectivity index (χ0) is 14.3. The standard InChI is InChI=1S/C13H11N5O2/c1-17-10-9(11(19)18(2)13(17)20)15-12(16-10)14-8-6-4-3-5-7-8/h3-7H,1-2H3. The van der Waals surface area contributed by atoms with E-state index >= 15 is 0 Å². The van der Waals surface area contributed by atoms with Crippen molar-refractivity contribution >= 4 is 11.6 Å². The molecule has 1 aliphatic rings. The summed E-state index contributed by atoms with van der Waals surface area (Å²) < 4.78 is 2.29. The highest BCUT2D eigenvalue weighted by Gasteiger charge is 2.13. The molecule has 2 heterocycles. The van der Waals surface area contributed by atoms with Crippen molar-refractivity contribution in [2.45, 2.75) is 0 Å². The van der Waals surface area contributed by atoms with Crippen LogP contribution >= 0.6 is 0 Å². The Balaban J connectivity index is 2.28. The van der Waals surface area contributed by atoms with Crippen LogP contribution in [0.15, 0.2) is 54.9 Å². The number of nitrogens with zero attached hydrogens (tertiary/aromatic N) is 5. The molecule has 3 rings (SSSR count). The Hall–Kier alpha value is -2.83. The zero-order valence-corrected chi connectivity index (χ0v) is 10.9. The third-order valence-corrected chi connectivity index (χ3v) is 3.01. The minimum Gasteiger partial charge on any atom is -0.279 e. The van der Waals surface area contributed by atoms with Crippen molar-refractivity contribution in [2.75, 3.05) is 0 Å². The van der Waals surface area contributed by atoms with E-state index < -0.39 is 11.2 Å². The minimum atomic E-state index is -0.467. The maximum atomic E-state index is 12.0. The Labute approximate surface area is 112 Å². The lowest BCUT2D eigenvalue weighted by Gasteiger charge is -1.98. The van der Waals surface area contributed by atoms with E-state index in [1.54, 1.807) is 19.2 Å². The fraction of sp³-hybridized carbons (Fsp3) is 0.154. The number of fused-ring (bicyclic) bond motifs is 1. The smallest absolute Gasteiger partial charge is 0.279 e. The number of aromatic nitrogens is 2. The molecule has 0 fully saturated rings. The van der Waals surface area contributed by atoms with Crippen LogP contribution in [0.2, 0.25) is 0 Å². The Morgan fingerprint density at radius 2 is 1.70 bits per heavy atom. The SMILES string of the molecule is Cn1c(=O)c2c(n(C)c1=O)=NC(=Nc1ccccc1)N=2. The van der Waals surface area contributed by atoms with Gasteiger partial charge in [-0.2, -0.15) is 4.99 Å². The highest BCUT2D eigenvalue weighted by molar-refractivity contribution is 5.85. The fourth-order valence-corrected chi connectivity index (χ4v) is 1.93. The summed E-state index contributed by atoms with van der Waals surface area (Å²) in [7, 11) is 2.96. The number of guanidine groups is 1. The van der Waals surface area contributed by atoms with E-state index in [9.17, 15) is 9.59 Å². The number of para-hydroxylation sites is 1. The molecule has 0 aliphatic carbocycles. The Bertz CT molecular complexity index is 951. The molecule has 7 nitrogen and oxygen atoms in total. The highest BCUT2D eigenvalue weighted by Crippen LogP contribution is 2.10. The second kappa shape index (κ2) is 4.37. The summed E-state index contributed by atoms with van der Waals surface area (Å²) in [6.45, 7) is 0. The second-order valence-corrected chi connectivity index (χ2v) is 4.35. The van der Waals surface area contributed by atoms with Crippen LogP contribution in [0.4, 0.5) is 5.69 Å². The molecule has 0 saturated heterocycles. The van der Waals surface area contributed by atoms with Gasteiger partial charge in [-0.1, -0.05) is 18.2 Å². The topological polar surface area (TPSA) is 81.1 Å². The number of hydrogen-bond acceptors (Lipinski definition) is 3. The minimum absolute atomic E-state index is 0.143. The highest BCUT2D eigenvalue weighted by atomic mass is 16.2. The monoisotopic (exact) mass is 269 g/mol. The van der Waals surface area contributed by atoms with E-state index in [0.717, 1.165) is 4.57 Å². The van der Waals surface area contributed by atoms with E-state index in [1.165, 1.54) is 11.6 Å². The van der Waals surface area contributed by atoms with Crippen molar-refractivity contribution in [2.24, 2.45) is 29.1 Å². The molecular formula is C13H11N5O2. The van der Waals surface area contributed by atoms with Crippen molar-refractivity contribution in [1.29, 1.82) is 0 Å². The van der Waals surface area contributed by atoms with Crippen LogP contribution in [0.1, 0.15) is 0 Å². The summed E-state index contributed by atoms with van der Waals surface area (Å²) in [4.78, 5) is 36.2. The van der Waals surface area contributed by atoms with Crippen LogP contribution < -0.4 is 22.1 Å². The molecule has 100 valence electrons. The number of aliphatic imine (C=N–C) groups is 1. The molecule has 20 heavy (non-hydrogen) atoms.